The number of carboxylic acid groups (broad SMARTS) is 1. The van der Waals surface area contributed by atoms with Crippen LogP contribution in [0.4, 0.5) is 0 Å². The molecule has 1 aliphatic rings. The largest absolute Gasteiger partial charge is 0.475 e. The summed E-state index contributed by atoms with van der Waals surface area (Å²) in [6, 6.07) is 1.66. The van der Waals surface area contributed by atoms with Crippen LogP contribution in [0.15, 0.2) is 10.5 Å². The number of aryl methyl sites for hydroxylation is 1. The number of furan rings is 1. The first-order valence-corrected chi connectivity index (χ1v) is 7.04. The van der Waals surface area contributed by atoms with Gasteiger partial charge < -0.3 is 9.52 Å². The van der Waals surface area contributed by atoms with Crippen LogP contribution in [0, 0.1) is 12.3 Å². The number of carbonyl (C=O) groups is 1. The van der Waals surface area contributed by atoms with Gasteiger partial charge >= 0.3 is 5.97 Å². The molecule has 0 aliphatic carbocycles. The Bertz CT molecular complexity index is 460. The van der Waals surface area contributed by atoms with Gasteiger partial charge in [-0.25, -0.2) is 4.79 Å². The minimum absolute atomic E-state index is 0.0453. The van der Waals surface area contributed by atoms with Gasteiger partial charge in [0.05, 0.1) is 0 Å². The minimum atomic E-state index is -0.993. The van der Waals surface area contributed by atoms with Crippen LogP contribution in [0.3, 0.4) is 0 Å². The molecule has 0 amide bonds. The van der Waals surface area contributed by atoms with Gasteiger partial charge in [0.2, 0.25) is 5.76 Å². The second kappa shape index (κ2) is 5.37. The van der Waals surface area contributed by atoms with Gasteiger partial charge in [-0.2, -0.15) is 0 Å². The summed E-state index contributed by atoms with van der Waals surface area (Å²) in [4.78, 5) is 13.3. The Morgan fingerprint density at radius 1 is 1.47 bits per heavy atom. The van der Waals surface area contributed by atoms with Crippen LogP contribution in [0.5, 0.6) is 0 Å². The van der Waals surface area contributed by atoms with E-state index >= 15 is 0 Å². The van der Waals surface area contributed by atoms with Crippen LogP contribution in [-0.4, -0.2) is 29.1 Å². The van der Waals surface area contributed by atoms with Gasteiger partial charge in [0.1, 0.15) is 5.76 Å². The van der Waals surface area contributed by atoms with Crippen LogP contribution in [0.2, 0.25) is 0 Å². The summed E-state index contributed by atoms with van der Waals surface area (Å²) < 4.78 is 5.26. The summed E-state index contributed by atoms with van der Waals surface area (Å²) in [5, 5.41) is 8.94. The van der Waals surface area contributed by atoms with Crippen LogP contribution in [0.25, 0.3) is 0 Å². The molecule has 1 N–H and O–H groups in total. The third-order valence-electron chi connectivity index (χ3n) is 4.64. The number of hydrogen-bond donors (Lipinski definition) is 1. The first-order valence-electron chi connectivity index (χ1n) is 7.04. The van der Waals surface area contributed by atoms with Crippen LogP contribution in [-0.2, 0) is 6.54 Å². The highest BCUT2D eigenvalue weighted by atomic mass is 16.4. The average Bonchev–Trinajstić information content (AvgIpc) is 2.96. The molecule has 1 fully saturated rings. The Labute approximate surface area is 114 Å². The second-order valence-electron chi connectivity index (χ2n) is 5.66. The van der Waals surface area contributed by atoms with Crippen molar-refractivity contribution in [2.75, 3.05) is 13.1 Å². The first-order chi connectivity index (χ1) is 8.99. The molecule has 4 nitrogen and oxygen atoms in total. The fourth-order valence-corrected chi connectivity index (χ4v) is 3.01. The SMILES string of the molecule is CCC1(CC)CCN(Cc2cc(C(=O)O)oc2C)C1. The van der Waals surface area contributed by atoms with Crippen LogP contribution in [0.1, 0.15) is 55.0 Å². The Kier molecular flexibility index (Phi) is 3.99. The monoisotopic (exact) mass is 265 g/mol. The van der Waals surface area contributed by atoms with Gasteiger partial charge in [0.15, 0.2) is 0 Å². The minimum Gasteiger partial charge on any atom is -0.475 e. The van der Waals surface area contributed by atoms with Crippen LogP contribution < -0.4 is 0 Å². The van der Waals surface area contributed by atoms with Crippen molar-refractivity contribution >= 4 is 5.97 Å². The third kappa shape index (κ3) is 2.84. The molecule has 0 saturated carbocycles. The molecule has 1 aromatic rings. The van der Waals surface area contributed by atoms with E-state index in [1.165, 1.54) is 19.3 Å². The maximum atomic E-state index is 10.9. The zero-order valence-corrected chi connectivity index (χ0v) is 12.0. The quantitative estimate of drug-likeness (QED) is 0.887. The van der Waals surface area contributed by atoms with Crippen molar-refractivity contribution in [3.8, 4) is 0 Å². The predicted octanol–water partition coefficient (Wildman–Crippen LogP) is 3.30. The number of nitrogens with zero attached hydrogens (tertiary/aromatic N) is 1. The average molecular weight is 265 g/mol. The first kappa shape index (κ1) is 14.1. The molecule has 0 unspecified atom stereocenters. The van der Waals surface area contributed by atoms with E-state index < -0.39 is 5.97 Å². The Morgan fingerprint density at radius 2 is 2.16 bits per heavy atom. The topological polar surface area (TPSA) is 53.7 Å². The molecule has 1 aliphatic heterocycles. The van der Waals surface area contributed by atoms with Crippen molar-refractivity contribution in [2.24, 2.45) is 5.41 Å². The van der Waals surface area contributed by atoms with Gasteiger partial charge in [-0.15, -0.1) is 0 Å². The van der Waals surface area contributed by atoms with Gasteiger partial charge in [-0.1, -0.05) is 13.8 Å². The zero-order valence-electron chi connectivity index (χ0n) is 12.0. The molecule has 19 heavy (non-hydrogen) atoms. The summed E-state index contributed by atoms with van der Waals surface area (Å²) in [6.07, 6.45) is 3.66. The van der Waals surface area contributed by atoms with Crippen molar-refractivity contribution in [3.63, 3.8) is 0 Å². The highest BCUT2D eigenvalue weighted by Gasteiger charge is 2.35. The third-order valence-corrected chi connectivity index (χ3v) is 4.64. The predicted molar refractivity (Wildman–Crippen MR) is 73.3 cm³/mol. The molecule has 0 aromatic carbocycles. The number of aromatic carboxylic acids is 1. The van der Waals surface area contributed by atoms with Crippen molar-refractivity contribution in [1.82, 2.24) is 4.90 Å². The molecule has 1 saturated heterocycles. The molecular formula is C15H23NO3. The molecule has 1 aromatic heterocycles. The Balaban J connectivity index is 2.05. The molecular weight excluding hydrogens is 242 g/mol. The molecule has 0 atom stereocenters. The summed E-state index contributed by atoms with van der Waals surface area (Å²) in [5.41, 5.74) is 1.45. The number of likely N-dealkylation sites (tertiary alicyclic amines) is 1. The van der Waals surface area contributed by atoms with Crippen molar-refractivity contribution in [3.05, 3.63) is 23.2 Å². The van der Waals surface area contributed by atoms with Crippen LogP contribution >= 0.6 is 0 Å². The smallest absolute Gasteiger partial charge is 0.371 e. The number of carboxylic acids is 1. The second-order valence-corrected chi connectivity index (χ2v) is 5.66. The maximum Gasteiger partial charge on any atom is 0.371 e. The van der Waals surface area contributed by atoms with Gasteiger partial charge in [-0.05, 0) is 44.2 Å². The molecule has 2 rings (SSSR count). The van der Waals surface area contributed by atoms with Crippen molar-refractivity contribution in [1.29, 1.82) is 0 Å². The fourth-order valence-electron chi connectivity index (χ4n) is 3.01. The lowest BCUT2D eigenvalue weighted by Crippen LogP contribution is -2.26. The maximum absolute atomic E-state index is 10.9. The summed E-state index contributed by atoms with van der Waals surface area (Å²) in [7, 11) is 0. The molecule has 4 heteroatoms. The van der Waals surface area contributed by atoms with E-state index in [1.807, 2.05) is 6.92 Å². The standard InChI is InChI=1S/C15H23NO3/c1-4-15(5-2)6-7-16(10-15)9-12-8-13(14(17)18)19-11(12)3/h8H,4-7,9-10H2,1-3H3,(H,17,18). The van der Waals surface area contributed by atoms with Gasteiger partial charge in [0.25, 0.3) is 0 Å². The lowest BCUT2D eigenvalue weighted by atomic mass is 9.82. The number of rotatable bonds is 5. The van der Waals surface area contributed by atoms with Crippen molar-refractivity contribution in [2.45, 2.75) is 46.6 Å². The zero-order chi connectivity index (χ0) is 14.0. The van der Waals surface area contributed by atoms with E-state index in [-0.39, 0.29) is 5.76 Å². The van der Waals surface area contributed by atoms with E-state index in [2.05, 4.69) is 18.7 Å². The lowest BCUT2D eigenvalue weighted by Gasteiger charge is -2.26. The lowest BCUT2D eigenvalue weighted by molar-refractivity contribution is 0.0661. The normalized spacial score (nSPS) is 18.9. The summed E-state index contributed by atoms with van der Waals surface area (Å²) in [5.74, 6) is -0.223. The van der Waals surface area contributed by atoms with E-state index in [4.69, 9.17) is 9.52 Å². The van der Waals surface area contributed by atoms with Gasteiger partial charge in [0, 0.05) is 18.7 Å². The van der Waals surface area contributed by atoms with E-state index in [0.29, 0.717) is 5.41 Å². The van der Waals surface area contributed by atoms with E-state index in [1.54, 1.807) is 6.07 Å². The molecule has 0 spiro atoms. The molecule has 2 heterocycles. The van der Waals surface area contributed by atoms with E-state index in [0.717, 1.165) is 31.0 Å². The Morgan fingerprint density at radius 3 is 2.63 bits per heavy atom. The van der Waals surface area contributed by atoms with E-state index in [9.17, 15) is 4.79 Å². The molecule has 0 radical (unpaired) electrons. The highest BCUT2D eigenvalue weighted by Crippen LogP contribution is 2.37. The highest BCUT2D eigenvalue weighted by molar-refractivity contribution is 5.84. The van der Waals surface area contributed by atoms with Gasteiger partial charge in [-0.3, -0.25) is 4.90 Å². The summed E-state index contributed by atoms with van der Waals surface area (Å²) in [6.45, 7) is 9.36. The Hall–Kier alpha value is -1.29. The van der Waals surface area contributed by atoms with Crippen molar-refractivity contribution < 1.29 is 14.3 Å². The summed E-state index contributed by atoms with van der Waals surface area (Å²) >= 11 is 0. The fraction of sp³-hybridized carbons (Fsp3) is 0.667. The molecule has 0 bridgehead atoms. The molecule has 106 valence electrons. The number of hydrogen-bond acceptors (Lipinski definition) is 3.